The number of phosphoric acid groups is 1. The number of nitrogens with zero attached hydrogens (tertiary/aromatic N) is 1. The van der Waals surface area contributed by atoms with E-state index in [2.05, 4.69) is 43.5 Å². The number of allylic oxidation sites excluding steroid dienone is 4. The van der Waals surface area contributed by atoms with Crippen molar-refractivity contribution in [2.75, 3.05) is 40.9 Å². The monoisotopic (exact) mass is 1020 g/mol. The molecule has 0 rings (SSSR count). The molecule has 422 valence electrons. The molecule has 3 atom stereocenters. The quantitative estimate of drug-likeness (QED) is 0.0243. The Bertz CT molecular complexity index is 1210. The van der Waals surface area contributed by atoms with Crippen LogP contribution in [0.5, 0.6) is 0 Å². The van der Waals surface area contributed by atoms with Gasteiger partial charge in [0.05, 0.1) is 39.9 Å². The molecular weight excluding hydrogens is 900 g/mol. The number of amides is 1. The molecule has 0 aliphatic carbocycles. The summed E-state index contributed by atoms with van der Waals surface area (Å²) in [6.07, 6.45) is 68.6. The van der Waals surface area contributed by atoms with E-state index in [0.29, 0.717) is 23.9 Å². The average molecular weight is 1020 g/mol. The lowest BCUT2D eigenvalue weighted by Gasteiger charge is -2.26. The zero-order valence-corrected chi connectivity index (χ0v) is 49.1. The number of hydrogen-bond acceptors (Lipinski definition) is 5. The maximum absolute atomic E-state index is 13.0. The second-order valence-electron chi connectivity index (χ2n) is 22.8. The minimum atomic E-state index is -4.31. The summed E-state index contributed by atoms with van der Waals surface area (Å²) in [5.41, 5.74) is 0. The first-order valence-corrected chi connectivity index (χ1v) is 32.7. The second-order valence-corrected chi connectivity index (χ2v) is 24.2. The van der Waals surface area contributed by atoms with Crippen LogP contribution in [0.4, 0.5) is 0 Å². The van der Waals surface area contributed by atoms with Gasteiger partial charge in [0.25, 0.3) is 0 Å². The molecule has 0 fully saturated rings. The number of unbranched alkanes of at least 4 members (excludes halogenated alkanes) is 41. The summed E-state index contributed by atoms with van der Waals surface area (Å²) in [5.74, 6) is -0.140. The first-order chi connectivity index (χ1) is 34.5. The van der Waals surface area contributed by atoms with Crippen LogP contribution in [0.15, 0.2) is 24.3 Å². The topological polar surface area (TPSA) is 105 Å². The highest BCUT2D eigenvalue weighted by atomic mass is 31.2. The van der Waals surface area contributed by atoms with Gasteiger partial charge in [0, 0.05) is 6.42 Å². The number of hydrogen-bond donors (Lipinski definition) is 3. The summed E-state index contributed by atoms with van der Waals surface area (Å²) >= 11 is 0. The van der Waals surface area contributed by atoms with Crippen molar-refractivity contribution in [3.05, 3.63) is 24.3 Å². The van der Waals surface area contributed by atoms with Gasteiger partial charge < -0.3 is 19.8 Å². The molecular formula is C62H124N2O6P+. The zero-order chi connectivity index (χ0) is 52.0. The Morgan fingerprint density at radius 2 is 0.803 bits per heavy atom. The van der Waals surface area contributed by atoms with Gasteiger partial charge in [0.1, 0.15) is 13.2 Å². The lowest BCUT2D eigenvalue weighted by atomic mass is 10.0. The van der Waals surface area contributed by atoms with Crippen LogP contribution in [0.25, 0.3) is 0 Å². The number of quaternary nitrogens is 1. The summed E-state index contributed by atoms with van der Waals surface area (Å²) in [4.78, 5) is 23.2. The van der Waals surface area contributed by atoms with Crippen molar-refractivity contribution in [2.24, 2.45) is 0 Å². The highest BCUT2D eigenvalue weighted by Gasteiger charge is 2.28. The molecule has 0 aromatic carbocycles. The normalized spacial score (nSPS) is 14.0. The summed E-state index contributed by atoms with van der Waals surface area (Å²) in [5, 5.41) is 14.0. The van der Waals surface area contributed by atoms with Gasteiger partial charge >= 0.3 is 7.82 Å². The molecule has 9 heteroatoms. The van der Waals surface area contributed by atoms with Crippen LogP contribution in [0.1, 0.15) is 316 Å². The van der Waals surface area contributed by atoms with Crippen LogP contribution in [-0.2, 0) is 18.4 Å². The SMILES string of the molecule is CCCCCCC/C=C\C/C=C\CCCCCCCCCCCCCCCCCCCCCCCCCCCCCC(=O)NC(COP(=O)(O)OCC[N+](C)(C)C)C(O)CCCCCCCCCCCC. The van der Waals surface area contributed by atoms with E-state index in [-0.39, 0.29) is 19.1 Å². The fraction of sp³-hybridized carbons (Fsp3) is 0.919. The van der Waals surface area contributed by atoms with E-state index >= 15 is 0 Å². The number of aliphatic hydroxyl groups is 1. The number of aliphatic hydroxyl groups excluding tert-OH is 1. The predicted octanol–water partition coefficient (Wildman–Crippen LogP) is 19.2. The molecule has 0 aliphatic rings. The Balaban J connectivity index is 3.77. The van der Waals surface area contributed by atoms with Crippen molar-refractivity contribution in [1.29, 1.82) is 0 Å². The molecule has 0 aromatic heterocycles. The molecule has 3 N–H and O–H groups in total. The van der Waals surface area contributed by atoms with Gasteiger partial charge in [-0.1, -0.05) is 289 Å². The predicted molar refractivity (Wildman–Crippen MR) is 309 cm³/mol. The zero-order valence-electron chi connectivity index (χ0n) is 48.2. The van der Waals surface area contributed by atoms with Gasteiger partial charge in [-0.15, -0.1) is 0 Å². The number of carbonyl (C=O) groups excluding carboxylic acids is 1. The third kappa shape index (κ3) is 56.5. The number of likely N-dealkylation sites (N-methyl/N-ethyl adjacent to an activating group) is 1. The lowest BCUT2D eigenvalue weighted by Crippen LogP contribution is -2.46. The molecule has 0 bridgehead atoms. The molecule has 0 heterocycles. The standard InChI is InChI=1S/C62H123N2O6P/c1-6-8-10-12-14-16-18-19-20-21-22-23-24-25-26-27-28-29-30-31-32-33-34-35-36-37-38-39-40-41-42-43-44-45-46-48-50-52-54-56-62(66)63-60(59-70-71(67,68)69-58-57-64(3,4)5)61(65)55-53-51-49-47-17-15-13-11-9-7-2/h18-19,21-22,60-61,65H,6-17,20,23-59H2,1-5H3,(H-,63,66,67,68)/p+1/b19-18-,22-21-. The van der Waals surface area contributed by atoms with Gasteiger partial charge in [-0.3, -0.25) is 13.8 Å². The van der Waals surface area contributed by atoms with Gasteiger partial charge in [0.15, 0.2) is 0 Å². The fourth-order valence-electron chi connectivity index (χ4n) is 9.55. The molecule has 1 amide bonds. The Hall–Kier alpha value is -1.02. The Morgan fingerprint density at radius 3 is 1.15 bits per heavy atom. The number of phosphoric ester groups is 1. The van der Waals surface area contributed by atoms with Gasteiger partial charge in [-0.05, 0) is 44.9 Å². The van der Waals surface area contributed by atoms with Gasteiger partial charge in [-0.25, -0.2) is 4.57 Å². The minimum Gasteiger partial charge on any atom is -0.391 e. The highest BCUT2D eigenvalue weighted by Crippen LogP contribution is 2.43. The molecule has 8 nitrogen and oxygen atoms in total. The van der Waals surface area contributed by atoms with Crippen molar-refractivity contribution in [3.8, 4) is 0 Å². The summed E-state index contributed by atoms with van der Waals surface area (Å²) in [6.45, 7) is 4.89. The van der Waals surface area contributed by atoms with Crippen LogP contribution in [0.2, 0.25) is 0 Å². The van der Waals surface area contributed by atoms with Crippen molar-refractivity contribution in [3.63, 3.8) is 0 Å². The van der Waals surface area contributed by atoms with E-state index in [1.54, 1.807) is 0 Å². The molecule has 0 saturated carbocycles. The molecule has 0 aliphatic heterocycles. The van der Waals surface area contributed by atoms with Crippen LogP contribution < -0.4 is 5.32 Å². The Morgan fingerprint density at radius 1 is 0.479 bits per heavy atom. The third-order valence-electron chi connectivity index (χ3n) is 14.5. The highest BCUT2D eigenvalue weighted by molar-refractivity contribution is 7.47. The van der Waals surface area contributed by atoms with Crippen molar-refractivity contribution < 1.29 is 32.9 Å². The maximum atomic E-state index is 13.0. The number of carbonyl (C=O) groups is 1. The van der Waals surface area contributed by atoms with Crippen molar-refractivity contribution >= 4 is 13.7 Å². The van der Waals surface area contributed by atoms with Gasteiger partial charge in [0.2, 0.25) is 5.91 Å². The number of nitrogens with one attached hydrogen (secondary N) is 1. The Labute approximate surface area is 443 Å². The molecule has 71 heavy (non-hydrogen) atoms. The molecule has 0 radical (unpaired) electrons. The van der Waals surface area contributed by atoms with Crippen molar-refractivity contribution in [2.45, 2.75) is 328 Å². The first kappa shape index (κ1) is 70.0. The third-order valence-corrected chi connectivity index (χ3v) is 15.4. The second kappa shape index (κ2) is 53.8. The first-order valence-electron chi connectivity index (χ1n) is 31.2. The van der Waals surface area contributed by atoms with Crippen LogP contribution in [-0.4, -0.2) is 73.4 Å². The lowest BCUT2D eigenvalue weighted by molar-refractivity contribution is -0.870. The molecule has 0 aromatic rings. The summed E-state index contributed by atoms with van der Waals surface area (Å²) in [6, 6.07) is -0.755. The average Bonchev–Trinajstić information content (AvgIpc) is 3.33. The molecule has 0 spiro atoms. The smallest absolute Gasteiger partial charge is 0.391 e. The van der Waals surface area contributed by atoms with E-state index in [1.165, 1.54) is 244 Å². The maximum Gasteiger partial charge on any atom is 0.472 e. The molecule has 0 saturated heterocycles. The van der Waals surface area contributed by atoms with Crippen LogP contribution in [0, 0.1) is 0 Å². The van der Waals surface area contributed by atoms with E-state index < -0.39 is 20.0 Å². The van der Waals surface area contributed by atoms with E-state index in [0.717, 1.165) is 44.9 Å². The minimum absolute atomic E-state index is 0.0774. The van der Waals surface area contributed by atoms with E-state index in [4.69, 9.17) is 9.05 Å². The Kier molecular flexibility index (Phi) is 53.0. The summed E-state index contributed by atoms with van der Waals surface area (Å²) in [7, 11) is 1.63. The van der Waals surface area contributed by atoms with E-state index in [9.17, 15) is 19.4 Å². The number of rotatable bonds is 58. The van der Waals surface area contributed by atoms with E-state index in [1.807, 2.05) is 21.1 Å². The van der Waals surface area contributed by atoms with Crippen LogP contribution in [0.3, 0.4) is 0 Å². The van der Waals surface area contributed by atoms with Crippen molar-refractivity contribution in [1.82, 2.24) is 5.32 Å². The van der Waals surface area contributed by atoms with Gasteiger partial charge in [-0.2, -0.15) is 0 Å². The summed E-state index contributed by atoms with van der Waals surface area (Å²) < 4.78 is 23.7. The fourth-order valence-corrected chi connectivity index (χ4v) is 10.3. The van der Waals surface area contributed by atoms with Crippen LogP contribution >= 0.6 is 7.82 Å². The largest absolute Gasteiger partial charge is 0.472 e. The molecule has 3 unspecified atom stereocenters.